The van der Waals surface area contributed by atoms with Crippen LogP contribution in [0.2, 0.25) is 0 Å². The van der Waals surface area contributed by atoms with E-state index in [-0.39, 0.29) is 18.4 Å². The summed E-state index contributed by atoms with van der Waals surface area (Å²) < 4.78 is 18.8. The van der Waals surface area contributed by atoms with Crippen LogP contribution in [0.15, 0.2) is 59.7 Å². The zero-order valence-corrected chi connectivity index (χ0v) is 21.4. The number of amides is 2. The molecule has 0 saturated carbocycles. The van der Waals surface area contributed by atoms with Crippen molar-refractivity contribution in [1.82, 2.24) is 14.9 Å². The minimum Gasteiger partial charge on any atom is -0.490 e. The van der Waals surface area contributed by atoms with E-state index in [0.717, 1.165) is 17.1 Å². The van der Waals surface area contributed by atoms with E-state index in [0.29, 0.717) is 55.5 Å². The normalized spacial score (nSPS) is 13.5. The molecule has 9 nitrogen and oxygen atoms in total. The highest BCUT2D eigenvalue weighted by Crippen LogP contribution is 2.28. The number of hydrogen-bond acceptors (Lipinski definition) is 6. The SMILES string of the molecule is CCOc1cc(/C=N\NC(=O)c2cccc(-n3c(C)ccc3C)c2)ccc1OCC(=O)N1CCOCC1. The maximum Gasteiger partial charge on any atom is 0.271 e. The molecule has 2 aromatic carbocycles. The third-order valence-electron chi connectivity index (χ3n) is 6.00. The van der Waals surface area contributed by atoms with Crippen molar-refractivity contribution in [2.75, 3.05) is 39.5 Å². The molecular formula is C28H32N4O5. The van der Waals surface area contributed by atoms with Crippen molar-refractivity contribution in [3.8, 4) is 17.2 Å². The largest absolute Gasteiger partial charge is 0.490 e. The summed E-state index contributed by atoms with van der Waals surface area (Å²) in [4.78, 5) is 26.8. The molecule has 194 valence electrons. The van der Waals surface area contributed by atoms with Crippen molar-refractivity contribution < 1.29 is 23.8 Å². The summed E-state index contributed by atoms with van der Waals surface area (Å²) in [6.45, 7) is 8.49. The molecule has 0 bridgehead atoms. The van der Waals surface area contributed by atoms with Crippen molar-refractivity contribution in [3.63, 3.8) is 0 Å². The third kappa shape index (κ3) is 6.56. The molecule has 9 heteroatoms. The Balaban J connectivity index is 1.39. The van der Waals surface area contributed by atoms with E-state index in [1.54, 1.807) is 29.2 Å². The van der Waals surface area contributed by atoms with Crippen LogP contribution in [-0.4, -0.2) is 67.0 Å². The number of aromatic nitrogens is 1. The van der Waals surface area contributed by atoms with Gasteiger partial charge >= 0.3 is 0 Å². The fraction of sp³-hybridized carbons (Fsp3) is 0.321. The molecule has 1 aliphatic rings. The lowest BCUT2D eigenvalue weighted by Gasteiger charge is -2.26. The summed E-state index contributed by atoms with van der Waals surface area (Å²) in [6, 6.07) is 16.8. The number of hydrazone groups is 1. The van der Waals surface area contributed by atoms with Crippen LogP contribution in [0.3, 0.4) is 0 Å². The zero-order valence-electron chi connectivity index (χ0n) is 21.4. The van der Waals surface area contributed by atoms with E-state index in [1.165, 1.54) is 6.21 Å². The number of ether oxygens (including phenoxy) is 3. The Morgan fingerprint density at radius 2 is 1.76 bits per heavy atom. The van der Waals surface area contributed by atoms with Crippen LogP contribution >= 0.6 is 0 Å². The van der Waals surface area contributed by atoms with E-state index >= 15 is 0 Å². The standard InChI is InChI=1S/C28H32N4O5/c1-4-36-26-16-22(10-11-25(26)37-19-27(33)31-12-14-35-15-13-31)18-29-30-28(34)23-6-5-7-24(17-23)32-20(2)8-9-21(32)3/h5-11,16-18H,4,12-15,19H2,1-3H3,(H,30,34)/b29-18-. The summed E-state index contributed by atoms with van der Waals surface area (Å²) in [6.07, 6.45) is 1.53. The van der Waals surface area contributed by atoms with Crippen molar-refractivity contribution in [3.05, 3.63) is 77.1 Å². The minimum absolute atomic E-state index is 0.0787. The van der Waals surface area contributed by atoms with Gasteiger partial charge in [-0.15, -0.1) is 0 Å². The van der Waals surface area contributed by atoms with Gasteiger partial charge in [0, 0.05) is 35.7 Å². The number of aryl methyl sites for hydroxylation is 2. The number of benzene rings is 2. The van der Waals surface area contributed by atoms with E-state index in [9.17, 15) is 9.59 Å². The van der Waals surface area contributed by atoms with Crippen molar-refractivity contribution in [1.29, 1.82) is 0 Å². The molecule has 3 aromatic rings. The number of hydrogen-bond donors (Lipinski definition) is 1. The molecule has 1 N–H and O–H groups in total. The molecule has 1 fully saturated rings. The molecular weight excluding hydrogens is 472 g/mol. The monoisotopic (exact) mass is 504 g/mol. The lowest BCUT2D eigenvalue weighted by Crippen LogP contribution is -2.43. The van der Waals surface area contributed by atoms with Crippen LogP contribution in [0.5, 0.6) is 11.5 Å². The maximum absolute atomic E-state index is 12.7. The second-order valence-corrected chi connectivity index (χ2v) is 8.62. The van der Waals surface area contributed by atoms with Gasteiger partial charge in [0.25, 0.3) is 11.8 Å². The number of nitrogens with zero attached hydrogens (tertiary/aromatic N) is 3. The van der Waals surface area contributed by atoms with Gasteiger partial charge in [-0.25, -0.2) is 5.43 Å². The second kappa shape index (κ2) is 12.2. The number of nitrogens with one attached hydrogen (secondary N) is 1. The van der Waals surface area contributed by atoms with Crippen LogP contribution in [0.25, 0.3) is 5.69 Å². The first-order valence-electron chi connectivity index (χ1n) is 12.3. The molecule has 0 radical (unpaired) electrons. The van der Waals surface area contributed by atoms with Gasteiger partial charge in [-0.3, -0.25) is 9.59 Å². The summed E-state index contributed by atoms with van der Waals surface area (Å²) in [5.41, 5.74) is 6.90. The van der Waals surface area contributed by atoms with Crippen LogP contribution < -0.4 is 14.9 Å². The van der Waals surface area contributed by atoms with Crippen LogP contribution in [0.4, 0.5) is 0 Å². The maximum atomic E-state index is 12.7. The Labute approximate surface area is 216 Å². The van der Waals surface area contributed by atoms with Gasteiger partial charge in [0.15, 0.2) is 18.1 Å². The summed E-state index contributed by atoms with van der Waals surface area (Å²) in [5, 5.41) is 4.11. The van der Waals surface area contributed by atoms with Gasteiger partial charge in [0.1, 0.15) is 0 Å². The Kier molecular flexibility index (Phi) is 8.58. The first kappa shape index (κ1) is 26.0. The quantitative estimate of drug-likeness (QED) is 0.356. The number of carbonyl (C=O) groups is 2. The summed E-state index contributed by atoms with van der Waals surface area (Å²) in [5.74, 6) is 0.562. The van der Waals surface area contributed by atoms with Crippen LogP contribution in [0, 0.1) is 13.8 Å². The van der Waals surface area contributed by atoms with Crippen LogP contribution in [0.1, 0.15) is 34.2 Å². The van der Waals surface area contributed by atoms with Crippen molar-refractivity contribution in [2.24, 2.45) is 5.10 Å². The molecule has 1 saturated heterocycles. The van der Waals surface area contributed by atoms with E-state index in [4.69, 9.17) is 14.2 Å². The fourth-order valence-electron chi connectivity index (χ4n) is 4.13. The van der Waals surface area contributed by atoms with E-state index < -0.39 is 0 Å². The molecule has 1 aliphatic heterocycles. The highest BCUT2D eigenvalue weighted by atomic mass is 16.5. The lowest BCUT2D eigenvalue weighted by molar-refractivity contribution is -0.137. The van der Waals surface area contributed by atoms with Gasteiger partial charge < -0.3 is 23.7 Å². The number of morpholine rings is 1. The molecule has 0 spiro atoms. The number of carbonyl (C=O) groups excluding carboxylic acids is 2. The number of rotatable bonds is 9. The van der Waals surface area contributed by atoms with Crippen molar-refractivity contribution >= 4 is 18.0 Å². The summed E-state index contributed by atoms with van der Waals surface area (Å²) >= 11 is 0. The van der Waals surface area contributed by atoms with Gasteiger partial charge in [-0.05, 0) is 74.9 Å². The molecule has 0 atom stereocenters. The molecule has 2 amide bonds. The van der Waals surface area contributed by atoms with Gasteiger partial charge in [0.2, 0.25) is 0 Å². The van der Waals surface area contributed by atoms with Crippen molar-refractivity contribution in [2.45, 2.75) is 20.8 Å². The predicted molar refractivity (Wildman–Crippen MR) is 141 cm³/mol. The molecule has 0 unspecified atom stereocenters. The predicted octanol–water partition coefficient (Wildman–Crippen LogP) is 3.49. The topological polar surface area (TPSA) is 94.4 Å². The van der Waals surface area contributed by atoms with Gasteiger partial charge in [-0.2, -0.15) is 5.10 Å². The molecule has 4 rings (SSSR count). The summed E-state index contributed by atoms with van der Waals surface area (Å²) in [7, 11) is 0. The Morgan fingerprint density at radius 1 is 1.00 bits per heavy atom. The molecule has 0 aliphatic carbocycles. The first-order valence-corrected chi connectivity index (χ1v) is 12.3. The lowest BCUT2D eigenvalue weighted by atomic mass is 10.2. The molecule has 2 heterocycles. The second-order valence-electron chi connectivity index (χ2n) is 8.62. The molecule has 37 heavy (non-hydrogen) atoms. The molecule has 1 aromatic heterocycles. The first-order chi connectivity index (χ1) is 18.0. The van der Waals surface area contributed by atoms with Crippen LogP contribution in [-0.2, 0) is 9.53 Å². The van der Waals surface area contributed by atoms with E-state index in [1.807, 2.05) is 51.1 Å². The highest BCUT2D eigenvalue weighted by Gasteiger charge is 2.18. The van der Waals surface area contributed by atoms with E-state index in [2.05, 4.69) is 15.1 Å². The highest BCUT2D eigenvalue weighted by molar-refractivity contribution is 5.95. The van der Waals surface area contributed by atoms with Gasteiger partial charge in [-0.1, -0.05) is 6.07 Å². The third-order valence-corrected chi connectivity index (χ3v) is 6.00. The Hall–Kier alpha value is -4.11. The Bertz CT molecular complexity index is 1260. The Morgan fingerprint density at radius 3 is 2.49 bits per heavy atom. The fourth-order valence-corrected chi connectivity index (χ4v) is 4.13. The smallest absolute Gasteiger partial charge is 0.271 e. The van der Waals surface area contributed by atoms with Gasteiger partial charge in [0.05, 0.1) is 26.0 Å². The average molecular weight is 505 g/mol. The average Bonchev–Trinajstić information content (AvgIpc) is 3.26. The minimum atomic E-state index is -0.313. The zero-order chi connectivity index (χ0) is 26.2.